The fourth-order valence-corrected chi connectivity index (χ4v) is 4.17. The molecule has 1 amide bonds. The number of H-pyrrole nitrogens is 1. The van der Waals surface area contributed by atoms with E-state index in [4.69, 9.17) is 0 Å². The molecule has 1 fully saturated rings. The van der Waals surface area contributed by atoms with Crippen molar-refractivity contribution in [1.82, 2.24) is 24.6 Å². The van der Waals surface area contributed by atoms with E-state index < -0.39 is 30.2 Å². The van der Waals surface area contributed by atoms with E-state index >= 15 is 0 Å². The molecule has 1 saturated carbocycles. The van der Waals surface area contributed by atoms with Gasteiger partial charge in [-0.05, 0) is 37.8 Å². The summed E-state index contributed by atoms with van der Waals surface area (Å²) in [6.07, 6.45) is -1.43. The number of fused-ring (bicyclic) bond motifs is 1. The number of aromatic nitrogens is 4. The normalized spacial score (nSPS) is 15.2. The van der Waals surface area contributed by atoms with Gasteiger partial charge in [-0.2, -0.15) is 18.3 Å². The van der Waals surface area contributed by atoms with Crippen molar-refractivity contribution in [2.75, 3.05) is 12.3 Å². The summed E-state index contributed by atoms with van der Waals surface area (Å²) in [4.78, 5) is 32.9. The highest BCUT2D eigenvalue weighted by molar-refractivity contribution is 7.99. The largest absolute Gasteiger partial charge is 0.406 e. The van der Waals surface area contributed by atoms with Crippen molar-refractivity contribution in [3.05, 3.63) is 46.9 Å². The van der Waals surface area contributed by atoms with Crippen LogP contribution in [0.15, 0.2) is 46.5 Å². The maximum absolute atomic E-state index is 13.0. The summed E-state index contributed by atoms with van der Waals surface area (Å²) in [6.45, 7) is 0.365. The molecule has 0 spiro atoms. The van der Waals surface area contributed by atoms with Crippen LogP contribution < -0.4 is 5.56 Å². The van der Waals surface area contributed by atoms with E-state index in [1.165, 1.54) is 10.9 Å². The van der Waals surface area contributed by atoms with Crippen molar-refractivity contribution < 1.29 is 18.0 Å². The fraction of sp³-hybridized carbons (Fsp3) is 0.400. The molecule has 1 N–H and O–H groups in total. The Kier molecular flexibility index (Phi) is 5.78. The molecule has 1 aliphatic rings. The van der Waals surface area contributed by atoms with Gasteiger partial charge in [-0.1, -0.05) is 30.0 Å². The number of nitrogens with zero attached hydrogens (tertiary/aromatic N) is 4. The maximum atomic E-state index is 13.0. The van der Waals surface area contributed by atoms with Crippen molar-refractivity contribution in [3.63, 3.8) is 0 Å². The van der Waals surface area contributed by atoms with Crippen molar-refractivity contribution in [2.45, 2.75) is 37.1 Å². The molecule has 164 valence electrons. The molecule has 1 aromatic carbocycles. The second-order valence-electron chi connectivity index (χ2n) is 7.50. The molecule has 2 heterocycles. The van der Waals surface area contributed by atoms with Crippen LogP contribution in [-0.4, -0.2) is 55.1 Å². The minimum Gasteiger partial charge on any atom is -0.330 e. The highest BCUT2D eigenvalue weighted by Gasteiger charge is 2.40. The average molecular weight is 451 g/mol. The molecule has 1 aliphatic carbocycles. The van der Waals surface area contributed by atoms with Gasteiger partial charge in [-0.15, -0.1) is 0 Å². The van der Waals surface area contributed by atoms with Crippen LogP contribution >= 0.6 is 11.8 Å². The molecule has 1 unspecified atom stereocenters. The summed E-state index contributed by atoms with van der Waals surface area (Å²) in [7, 11) is 0. The standard InChI is InChI=1S/C20H20F3N5O2S/c1-12(13-7-8-13)27(11-20(21,22)23)16(29)10-31-19-25-17-15(18(30)26-19)9-24-28(17)14-5-3-2-4-6-14/h2-6,9,12-13H,7-8,10-11H2,1H3,(H,25,26,30). The maximum Gasteiger partial charge on any atom is 0.406 e. The van der Waals surface area contributed by atoms with Crippen molar-refractivity contribution in [2.24, 2.45) is 5.92 Å². The molecule has 1 atom stereocenters. The summed E-state index contributed by atoms with van der Waals surface area (Å²) in [5.74, 6) is -0.798. The van der Waals surface area contributed by atoms with Crippen LogP contribution in [0.25, 0.3) is 16.7 Å². The number of rotatable bonds is 7. The molecule has 11 heteroatoms. The number of halogens is 3. The Balaban J connectivity index is 1.55. The first-order chi connectivity index (χ1) is 14.7. The average Bonchev–Trinajstić information content (AvgIpc) is 3.49. The lowest BCUT2D eigenvalue weighted by Gasteiger charge is -2.30. The summed E-state index contributed by atoms with van der Waals surface area (Å²) in [6, 6.07) is 8.61. The van der Waals surface area contributed by atoms with Gasteiger partial charge in [0.2, 0.25) is 5.91 Å². The molecule has 3 aromatic rings. The highest BCUT2D eigenvalue weighted by atomic mass is 32.2. The van der Waals surface area contributed by atoms with Gasteiger partial charge in [-0.3, -0.25) is 9.59 Å². The van der Waals surface area contributed by atoms with Crippen LogP contribution in [0.3, 0.4) is 0 Å². The minimum absolute atomic E-state index is 0.103. The fourth-order valence-electron chi connectivity index (χ4n) is 3.42. The quantitative estimate of drug-likeness (QED) is 0.440. The topological polar surface area (TPSA) is 83.9 Å². The van der Waals surface area contributed by atoms with Gasteiger partial charge in [0.1, 0.15) is 11.9 Å². The Morgan fingerprint density at radius 3 is 2.68 bits per heavy atom. The summed E-state index contributed by atoms with van der Waals surface area (Å²) in [5, 5.41) is 4.63. The number of thioether (sulfide) groups is 1. The lowest BCUT2D eigenvalue weighted by Crippen LogP contribution is -2.46. The number of hydrogen-bond donors (Lipinski definition) is 1. The SMILES string of the molecule is CC(C1CC1)N(CC(F)(F)F)C(=O)CSc1nc2c(cnn2-c2ccccc2)c(=O)[nH]1. The Morgan fingerprint density at radius 1 is 1.32 bits per heavy atom. The molecule has 2 aromatic heterocycles. The molecule has 7 nitrogen and oxygen atoms in total. The number of alkyl halides is 3. The summed E-state index contributed by atoms with van der Waals surface area (Å²) >= 11 is 0.902. The van der Waals surface area contributed by atoms with E-state index in [0.717, 1.165) is 29.5 Å². The summed E-state index contributed by atoms with van der Waals surface area (Å²) in [5.41, 5.74) is 0.584. The summed E-state index contributed by atoms with van der Waals surface area (Å²) < 4.78 is 40.5. The van der Waals surface area contributed by atoms with E-state index in [9.17, 15) is 22.8 Å². The van der Waals surface area contributed by atoms with Crippen LogP contribution in [-0.2, 0) is 4.79 Å². The van der Waals surface area contributed by atoms with Crippen molar-refractivity contribution in [3.8, 4) is 5.69 Å². The molecule has 0 aliphatic heterocycles. The number of nitrogens with one attached hydrogen (secondary N) is 1. The molecule has 0 radical (unpaired) electrons. The molecule has 0 saturated heterocycles. The third-order valence-electron chi connectivity index (χ3n) is 5.22. The van der Waals surface area contributed by atoms with Gasteiger partial charge in [0.15, 0.2) is 10.8 Å². The Morgan fingerprint density at radius 2 is 2.03 bits per heavy atom. The van der Waals surface area contributed by atoms with Crippen LogP contribution in [0.2, 0.25) is 0 Å². The molecule has 4 rings (SSSR count). The molecular weight excluding hydrogens is 431 g/mol. The lowest BCUT2D eigenvalue weighted by atomic mass is 10.2. The van der Waals surface area contributed by atoms with Crippen LogP contribution in [0.1, 0.15) is 19.8 Å². The van der Waals surface area contributed by atoms with Gasteiger partial charge < -0.3 is 9.88 Å². The van der Waals surface area contributed by atoms with E-state index in [0.29, 0.717) is 11.3 Å². The zero-order valence-corrected chi connectivity index (χ0v) is 17.4. The lowest BCUT2D eigenvalue weighted by molar-refractivity contribution is -0.164. The highest BCUT2D eigenvalue weighted by Crippen LogP contribution is 2.36. The molecule has 31 heavy (non-hydrogen) atoms. The monoisotopic (exact) mass is 451 g/mol. The van der Waals surface area contributed by atoms with Crippen LogP contribution in [0.5, 0.6) is 0 Å². The van der Waals surface area contributed by atoms with Gasteiger partial charge in [0.25, 0.3) is 5.56 Å². The number of amides is 1. The Bertz CT molecular complexity index is 1140. The van der Waals surface area contributed by atoms with Crippen LogP contribution in [0, 0.1) is 5.92 Å². The minimum atomic E-state index is -4.48. The van der Waals surface area contributed by atoms with E-state index in [2.05, 4.69) is 15.1 Å². The number of para-hydroxylation sites is 1. The Hall–Kier alpha value is -2.82. The smallest absolute Gasteiger partial charge is 0.330 e. The number of benzene rings is 1. The molecular formula is C20H20F3N5O2S. The van der Waals surface area contributed by atoms with E-state index in [1.54, 1.807) is 19.1 Å². The first-order valence-corrected chi connectivity index (χ1v) is 10.7. The zero-order chi connectivity index (χ0) is 22.2. The zero-order valence-electron chi connectivity index (χ0n) is 16.6. The second kappa shape index (κ2) is 8.37. The molecule has 0 bridgehead atoms. The van der Waals surface area contributed by atoms with Crippen molar-refractivity contribution >= 4 is 28.7 Å². The van der Waals surface area contributed by atoms with Crippen LogP contribution in [0.4, 0.5) is 13.2 Å². The predicted molar refractivity (Wildman–Crippen MR) is 110 cm³/mol. The third kappa shape index (κ3) is 4.92. The Labute approximate surface area is 179 Å². The second-order valence-corrected chi connectivity index (χ2v) is 8.47. The number of carbonyl (C=O) groups excluding carboxylic acids is 1. The van der Waals surface area contributed by atoms with Gasteiger partial charge in [0.05, 0.1) is 17.6 Å². The van der Waals surface area contributed by atoms with E-state index in [1.807, 2.05) is 18.2 Å². The van der Waals surface area contributed by atoms with Gasteiger partial charge in [-0.25, -0.2) is 9.67 Å². The third-order valence-corrected chi connectivity index (χ3v) is 6.07. The first kappa shape index (κ1) is 21.4. The van der Waals surface area contributed by atoms with Gasteiger partial charge >= 0.3 is 6.18 Å². The predicted octanol–water partition coefficient (Wildman–Crippen LogP) is 3.39. The number of aromatic amines is 1. The van der Waals surface area contributed by atoms with Gasteiger partial charge in [0, 0.05) is 6.04 Å². The number of carbonyl (C=O) groups is 1. The number of hydrogen-bond acceptors (Lipinski definition) is 5. The van der Waals surface area contributed by atoms with E-state index in [-0.39, 0.29) is 22.2 Å². The van der Waals surface area contributed by atoms with Crippen molar-refractivity contribution in [1.29, 1.82) is 0 Å². The first-order valence-electron chi connectivity index (χ1n) is 9.75.